The molecule has 5 heteroatoms. The van der Waals surface area contributed by atoms with E-state index in [2.05, 4.69) is 9.97 Å². The number of ether oxygens (including phenoxy) is 1. The van der Waals surface area contributed by atoms with Crippen LogP contribution in [0.25, 0.3) is 0 Å². The first-order valence-corrected chi connectivity index (χ1v) is 4.96. The predicted octanol–water partition coefficient (Wildman–Crippen LogP) is 1.32. The minimum atomic E-state index is 0.0641. The maximum absolute atomic E-state index is 9.03. The van der Waals surface area contributed by atoms with Gasteiger partial charge in [0.2, 0.25) is 5.88 Å². The van der Waals surface area contributed by atoms with Crippen molar-refractivity contribution in [2.75, 3.05) is 12.3 Å². The lowest BCUT2D eigenvalue weighted by Gasteiger charge is -2.07. The van der Waals surface area contributed by atoms with Crippen LogP contribution in [0.2, 0.25) is 0 Å². The molecule has 0 aliphatic carbocycles. The summed E-state index contributed by atoms with van der Waals surface area (Å²) in [5.74, 6) is 1.42. The van der Waals surface area contributed by atoms with E-state index in [1.54, 1.807) is 6.07 Å². The third kappa shape index (κ3) is 2.44. The first-order chi connectivity index (χ1) is 7.75. The van der Waals surface area contributed by atoms with E-state index in [9.17, 15) is 0 Å². The molecule has 1 aromatic carbocycles. The third-order valence-corrected chi connectivity index (χ3v) is 2.13. The van der Waals surface area contributed by atoms with E-state index in [0.29, 0.717) is 30.3 Å². The minimum Gasteiger partial charge on any atom is -0.493 e. The molecule has 84 valence electrons. The lowest BCUT2D eigenvalue weighted by atomic mass is 10.3. The summed E-state index contributed by atoms with van der Waals surface area (Å²) >= 11 is 0. The second-order valence-corrected chi connectivity index (χ2v) is 3.35. The van der Waals surface area contributed by atoms with Crippen molar-refractivity contribution in [3.63, 3.8) is 0 Å². The molecule has 1 aromatic heterocycles. The highest BCUT2D eigenvalue weighted by molar-refractivity contribution is 5.51. The Labute approximate surface area is 92.9 Å². The molecule has 0 amide bonds. The molecule has 0 spiro atoms. The van der Waals surface area contributed by atoms with Gasteiger partial charge in [-0.15, -0.1) is 0 Å². The standard InChI is InChI=1S/C11H13N3O2/c12-8-3-1-2-4-9(8)16-6-5-10-13-7-11(15)14-10/h1-4,7,15H,5-6,12H2,(H,13,14). The van der Waals surface area contributed by atoms with E-state index in [0.717, 1.165) is 0 Å². The zero-order chi connectivity index (χ0) is 11.4. The van der Waals surface area contributed by atoms with Crippen LogP contribution >= 0.6 is 0 Å². The second kappa shape index (κ2) is 4.57. The fourth-order valence-corrected chi connectivity index (χ4v) is 1.35. The van der Waals surface area contributed by atoms with Crippen LogP contribution in [-0.2, 0) is 6.42 Å². The van der Waals surface area contributed by atoms with Crippen LogP contribution in [0.4, 0.5) is 5.69 Å². The number of nitrogens with two attached hydrogens (primary N) is 1. The Morgan fingerprint density at radius 3 is 2.88 bits per heavy atom. The number of H-pyrrole nitrogens is 1. The normalized spacial score (nSPS) is 10.2. The number of aromatic hydroxyl groups is 1. The van der Waals surface area contributed by atoms with E-state index in [-0.39, 0.29) is 5.88 Å². The van der Waals surface area contributed by atoms with Gasteiger partial charge in [-0.25, -0.2) is 4.98 Å². The first kappa shape index (κ1) is 10.4. The number of imidazole rings is 1. The molecule has 4 N–H and O–H groups in total. The van der Waals surface area contributed by atoms with Crippen molar-refractivity contribution >= 4 is 5.69 Å². The van der Waals surface area contributed by atoms with E-state index in [1.165, 1.54) is 6.20 Å². The lowest BCUT2D eigenvalue weighted by molar-refractivity contribution is 0.320. The molecule has 0 aliphatic heterocycles. The van der Waals surface area contributed by atoms with Crippen molar-refractivity contribution in [2.45, 2.75) is 6.42 Å². The number of nitrogens with zero attached hydrogens (tertiary/aromatic N) is 1. The van der Waals surface area contributed by atoms with Gasteiger partial charge in [0.25, 0.3) is 0 Å². The van der Waals surface area contributed by atoms with Gasteiger partial charge in [-0.2, -0.15) is 0 Å². The molecule has 0 unspecified atom stereocenters. The van der Waals surface area contributed by atoms with Crippen molar-refractivity contribution in [2.24, 2.45) is 0 Å². The second-order valence-electron chi connectivity index (χ2n) is 3.35. The van der Waals surface area contributed by atoms with Gasteiger partial charge >= 0.3 is 0 Å². The molecule has 0 fully saturated rings. The van der Waals surface area contributed by atoms with Crippen molar-refractivity contribution < 1.29 is 9.84 Å². The Morgan fingerprint density at radius 2 is 2.19 bits per heavy atom. The summed E-state index contributed by atoms with van der Waals surface area (Å²) in [6.07, 6.45) is 1.96. The first-order valence-electron chi connectivity index (χ1n) is 4.96. The van der Waals surface area contributed by atoms with Gasteiger partial charge < -0.3 is 20.6 Å². The quantitative estimate of drug-likeness (QED) is 0.677. The monoisotopic (exact) mass is 219 g/mol. The Balaban J connectivity index is 1.87. The number of aromatic amines is 1. The molecule has 0 saturated carbocycles. The maximum Gasteiger partial charge on any atom is 0.208 e. The van der Waals surface area contributed by atoms with E-state index < -0.39 is 0 Å². The van der Waals surface area contributed by atoms with E-state index in [4.69, 9.17) is 15.6 Å². The predicted molar refractivity (Wildman–Crippen MR) is 60.3 cm³/mol. The highest BCUT2D eigenvalue weighted by Crippen LogP contribution is 2.19. The third-order valence-electron chi connectivity index (χ3n) is 2.13. The molecule has 2 rings (SSSR count). The lowest BCUT2D eigenvalue weighted by Crippen LogP contribution is -2.04. The molecular weight excluding hydrogens is 206 g/mol. The van der Waals surface area contributed by atoms with Crippen LogP contribution in [0.15, 0.2) is 30.5 Å². The summed E-state index contributed by atoms with van der Waals surface area (Å²) in [5.41, 5.74) is 6.33. The molecule has 1 heterocycles. The molecule has 0 atom stereocenters. The van der Waals surface area contributed by atoms with Crippen LogP contribution in [0.5, 0.6) is 11.6 Å². The molecular formula is C11H13N3O2. The van der Waals surface area contributed by atoms with Crippen LogP contribution in [0.1, 0.15) is 5.82 Å². The Hall–Kier alpha value is -2.17. The van der Waals surface area contributed by atoms with Crippen molar-refractivity contribution in [1.82, 2.24) is 9.97 Å². The number of nitrogen functional groups attached to an aromatic ring is 1. The summed E-state index contributed by atoms with van der Waals surface area (Å²) in [6, 6.07) is 7.32. The highest BCUT2D eigenvalue weighted by Gasteiger charge is 2.01. The van der Waals surface area contributed by atoms with Gasteiger partial charge in [-0.3, -0.25) is 0 Å². The van der Waals surface area contributed by atoms with Crippen molar-refractivity contribution in [3.05, 3.63) is 36.3 Å². The molecule has 0 radical (unpaired) electrons. The van der Waals surface area contributed by atoms with E-state index >= 15 is 0 Å². The molecule has 5 nitrogen and oxygen atoms in total. The van der Waals surface area contributed by atoms with Gasteiger partial charge in [0.15, 0.2) is 0 Å². The SMILES string of the molecule is Nc1ccccc1OCCc1ncc(O)[nH]1. The molecule has 0 saturated heterocycles. The zero-order valence-corrected chi connectivity index (χ0v) is 8.68. The number of benzene rings is 1. The number of para-hydroxylation sites is 2. The van der Waals surface area contributed by atoms with Gasteiger partial charge in [-0.1, -0.05) is 12.1 Å². The molecule has 2 aromatic rings. The summed E-state index contributed by atoms with van der Waals surface area (Å²) in [5, 5.41) is 9.03. The fraction of sp³-hybridized carbons (Fsp3) is 0.182. The number of aromatic nitrogens is 2. The van der Waals surface area contributed by atoms with Gasteiger partial charge in [0, 0.05) is 6.42 Å². The van der Waals surface area contributed by atoms with Gasteiger partial charge in [0.1, 0.15) is 11.6 Å². The molecule has 0 bridgehead atoms. The number of nitrogens with one attached hydrogen (secondary N) is 1. The fourth-order valence-electron chi connectivity index (χ4n) is 1.35. The summed E-state index contributed by atoms with van der Waals surface area (Å²) in [6.45, 7) is 0.459. The highest BCUT2D eigenvalue weighted by atomic mass is 16.5. The number of hydrogen-bond donors (Lipinski definition) is 3. The summed E-state index contributed by atoms with van der Waals surface area (Å²) in [7, 11) is 0. The largest absolute Gasteiger partial charge is 0.493 e. The number of hydrogen-bond acceptors (Lipinski definition) is 4. The van der Waals surface area contributed by atoms with Crippen LogP contribution < -0.4 is 10.5 Å². The Bertz CT molecular complexity index is 468. The molecule has 0 aliphatic rings. The average Bonchev–Trinajstić information content (AvgIpc) is 2.67. The average molecular weight is 219 g/mol. The molecule has 16 heavy (non-hydrogen) atoms. The smallest absolute Gasteiger partial charge is 0.208 e. The summed E-state index contributed by atoms with van der Waals surface area (Å²) < 4.78 is 5.48. The number of rotatable bonds is 4. The van der Waals surface area contributed by atoms with Crippen molar-refractivity contribution in [1.29, 1.82) is 0 Å². The van der Waals surface area contributed by atoms with Crippen molar-refractivity contribution in [3.8, 4) is 11.6 Å². The van der Waals surface area contributed by atoms with Gasteiger partial charge in [-0.05, 0) is 12.1 Å². The number of anilines is 1. The maximum atomic E-state index is 9.03. The summed E-state index contributed by atoms with van der Waals surface area (Å²) in [4.78, 5) is 6.66. The van der Waals surface area contributed by atoms with Crippen LogP contribution in [0, 0.1) is 0 Å². The van der Waals surface area contributed by atoms with E-state index in [1.807, 2.05) is 18.2 Å². The van der Waals surface area contributed by atoms with Gasteiger partial charge in [0.05, 0.1) is 18.5 Å². The van der Waals surface area contributed by atoms with Crippen LogP contribution in [-0.4, -0.2) is 21.7 Å². The Kier molecular flexibility index (Phi) is 2.95. The zero-order valence-electron chi connectivity index (χ0n) is 8.68. The minimum absolute atomic E-state index is 0.0641. The van der Waals surface area contributed by atoms with Crippen LogP contribution in [0.3, 0.4) is 0 Å². The Morgan fingerprint density at radius 1 is 1.38 bits per heavy atom. The topological polar surface area (TPSA) is 84.2 Å².